The molecule has 19 heavy (non-hydrogen) atoms. The van der Waals surface area contributed by atoms with Crippen LogP contribution in [0.3, 0.4) is 0 Å². The summed E-state index contributed by atoms with van der Waals surface area (Å²) in [4.78, 5) is 4.89. The number of aryl methyl sites for hydroxylation is 1. The van der Waals surface area contributed by atoms with Crippen molar-refractivity contribution >= 4 is 26.6 Å². The molecule has 1 heterocycles. The van der Waals surface area contributed by atoms with Crippen LogP contribution in [0, 0.1) is 0 Å². The van der Waals surface area contributed by atoms with Crippen LogP contribution in [0.25, 0.3) is 10.9 Å². The molecule has 0 fully saturated rings. The summed E-state index contributed by atoms with van der Waals surface area (Å²) < 4.78 is 23.1. The standard InChI is InChI=1S/C14H18N2O2S/c1-4-10-8-11-9-12(19(3,17)18)6-7-13(11)16-14(10)15-5-2/h6-9H,4-5H2,1-3H3,(H,15,16). The van der Waals surface area contributed by atoms with Crippen LogP contribution in [0.2, 0.25) is 0 Å². The van der Waals surface area contributed by atoms with Gasteiger partial charge in [0.1, 0.15) is 5.82 Å². The van der Waals surface area contributed by atoms with E-state index in [0.29, 0.717) is 4.90 Å². The van der Waals surface area contributed by atoms with Gasteiger partial charge in [-0.15, -0.1) is 0 Å². The Morgan fingerprint density at radius 1 is 1.21 bits per heavy atom. The predicted octanol–water partition coefficient (Wildman–Crippen LogP) is 2.63. The van der Waals surface area contributed by atoms with E-state index in [2.05, 4.69) is 17.2 Å². The highest BCUT2D eigenvalue weighted by Crippen LogP contribution is 2.23. The van der Waals surface area contributed by atoms with Crippen molar-refractivity contribution in [3.05, 3.63) is 29.8 Å². The zero-order valence-corrected chi connectivity index (χ0v) is 12.2. The third-order valence-corrected chi connectivity index (χ3v) is 4.13. The van der Waals surface area contributed by atoms with Gasteiger partial charge in [-0.1, -0.05) is 6.92 Å². The number of pyridine rings is 1. The lowest BCUT2D eigenvalue weighted by Gasteiger charge is -2.10. The first-order chi connectivity index (χ1) is 8.95. The Morgan fingerprint density at radius 3 is 2.53 bits per heavy atom. The molecule has 0 aliphatic rings. The number of fused-ring (bicyclic) bond motifs is 1. The monoisotopic (exact) mass is 278 g/mol. The van der Waals surface area contributed by atoms with Gasteiger partial charge in [-0.25, -0.2) is 13.4 Å². The summed E-state index contributed by atoms with van der Waals surface area (Å²) in [6, 6.07) is 7.06. The second-order valence-corrected chi connectivity index (χ2v) is 6.52. The van der Waals surface area contributed by atoms with Crippen molar-refractivity contribution < 1.29 is 8.42 Å². The third kappa shape index (κ3) is 2.87. The molecule has 4 nitrogen and oxygen atoms in total. The topological polar surface area (TPSA) is 59.1 Å². The Labute approximate surface area is 113 Å². The van der Waals surface area contributed by atoms with Gasteiger partial charge in [0.2, 0.25) is 0 Å². The van der Waals surface area contributed by atoms with Gasteiger partial charge in [0.15, 0.2) is 9.84 Å². The molecule has 0 radical (unpaired) electrons. The lowest BCUT2D eigenvalue weighted by Crippen LogP contribution is -2.04. The number of anilines is 1. The minimum absolute atomic E-state index is 0.333. The smallest absolute Gasteiger partial charge is 0.175 e. The second-order valence-electron chi connectivity index (χ2n) is 4.51. The van der Waals surface area contributed by atoms with Gasteiger partial charge >= 0.3 is 0 Å². The number of sulfone groups is 1. The number of rotatable bonds is 4. The molecule has 0 aliphatic carbocycles. The van der Waals surface area contributed by atoms with E-state index in [0.717, 1.165) is 35.2 Å². The van der Waals surface area contributed by atoms with Crippen LogP contribution >= 0.6 is 0 Å². The van der Waals surface area contributed by atoms with Crippen LogP contribution in [0.4, 0.5) is 5.82 Å². The van der Waals surface area contributed by atoms with Crippen molar-refractivity contribution in [1.29, 1.82) is 0 Å². The maximum absolute atomic E-state index is 11.6. The highest BCUT2D eigenvalue weighted by molar-refractivity contribution is 7.90. The van der Waals surface area contributed by atoms with E-state index in [1.807, 2.05) is 13.0 Å². The molecule has 0 bridgehead atoms. The van der Waals surface area contributed by atoms with E-state index >= 15 is 0 Å². The fourth-order valence-corrected chi connectivity index (χ4v) is 2.68. The van der Waals surface area contributed by atoms with Gasteiger partial charge in [-0.3, -0.25) is 0 Å². The maximum Gasteiger partial charge on any atom is 0.175 e. The number of benzene rings is 1. The van der Waals surface area contributed by atoms with E-state index in [9.17, 15) is 8.42 Å². The number of nitrogens with one attached hydrogen (secondary N) is 1. The molecule has 0 aliphatic heterocycles. The van der Waals surface area contributed by atoms with Crippen molar-refractivity contribution in [2.45, 2.75) is 25.2 Å². The van der Waals surface area contributed by atoms with Crippen LogP contribution in [0.1, 0.15) is 19.4 Å². The first-order valence-electron chi connectivity index (χ1n) is 6.33. The summed E-state index contributed by atoms with van der Waals surface area (Å²) in [5, 5.41) is 4.10. The van der Waals surface area contributed by atoms with Crippen molar-refractivity contribution in [1.82, 2.24) is 4.98 Å². The van der Waals surface area contributed by atoms with Crippen LogP contribution in [0.15, 0.2) is 29.2 Å². The zero-order chi connectivity index (χ0) is 14.0. The molecule has 1 aromatic heterocycles. The summed E-state index contributed by atoms with van der Waals surface area (Å²) in [6.07, 6.45) is 2.07. The SMILES string of the molecule is CCNc1nc2ccc(S(C)(=O)=O)cc2cc1CC. The number of nitrogens with zero attached hydrogens (tertiary/aromatic N) is 1. The second kappa shape index (κ2) is 5.17. The van der Waals surface area contributed by atoms with Gasteiger partial charge < -0.3 is 5.32 Å². The van der Waals surface area contributed by atoms with Crippen LogP contribution < -0.4 is 5.32 Å². The van der Waals surface area contributed by atoms with Gasteiger partial charge in [-0.05, 0) is 43.2 Å². The van der Waals surface area contributed by atoms with Crippen LogP contribution in [-0.2, 0) is 16.3 Å². The molecule has 0 saturated heterocycles. The van der Waals surface area contributed by atoms with E-state index in [-0.39, 0.29) is 0 Å². The quantitative estimate of drug-likeness (QED) is 0.934. The first kappa shape index (κ1) is 13.8. The Bertz CT molecular complexity index is 709. The van der Waals surface area contributed by atoms with E-state index < -0.39 is 9.84 Å². The molecule has 5 heteroatoms. The van der Waals surface area contributed by atoms with Crippen LogP contribution in [0.5, 0.6) is 0 Å². The normalized spacial score (nSPS) is 11.7. The summed E-state index contributed by atoms with van der Waals surface area (Å²) in [5.74, 6) is 0.879. The zero-order valence-electron chi connectivity index (χ0n) is 11.4. The van der Waals surface area contributed by atoms with Crippen molar-refractivity contribution in [3.8, 4) is 0 Å². The van der Waals surface area contributed by atoms with E-state index in [4.69, 9.17) is 0 Å². The highest BCUT2D eigenvalue weighted by atomic mass is 32.2. The molecule has 0 saturated carbocycles. The molecule has 0 unspecified atom stereocenters. The van der Waals surface area contributed by atoms with E-state index in [1.165, 1.54) is 6.26 Å². The molecule has 1 aromatic carbocycles. The molecule has 0 amide bonds. The van der Waals surface area contributed by atoms with E-state index in [1.54, 1.807) is 18.2 Å². The van der Waals surface area contributed by atoms with Gasteiger partial charge in [-0.2, -0.15) is 0 Å². The van der Waals surface area contributed by atoms with Crippen molar-refractivity contribution in [3.63, 3.8) is 0 Å². The fourth-order valence-electron chi connectivity index (χ4n) is 2.02. The summed E-state index contributed by atoms with van der Waals surface area (Å²) in [6.45, 7) is 4.90. The predicted molar refractivity (Wildman–Crippen MR) is 78.4 cm³/mol. The van der Waals surface area contributed by atoms with Gasteiger partial charge in [0.25, 0.3) is 0 Å². The Morgan fingerprint density at radius 2 is 1.95 bits per heavy atom. The largest absolute Gasteiger partial charge is 0.370 e. The first-order valence-corrected chi connectivity index (χ1v) is 8.22. The molecular formula is C14H18N2O2S. The molecule has 0 spiro atoms. The third-order valence-electron chi connectivity index (χ3n) is 3.02. The number of hydrogen-bond donors (Lipinski definition) is 1. The average Bonchev–Trinajstić information content (AvgIpc) is 2.36. The number of aromatic nitrogens is 1. The Kier molecular flexibility index (Phi) is 3.75. The van der Waals surface area contributed by atoms with Crippen molar-refractivity contribution in [2.75, 3.05) is 18.1 Å². The lowest BCUT2D eigenvalue weighted by molar-refractivity contribution is 0.602. The molecule has 1 N–H and O–H groups in total. The summed E-state index contributed by atoms with van der Waals surface area (Å²) >= 11 is 0. The number of hydrogen-bond acceptors (Lipinski definition) is 4. The molecular weight excluding hydrogens is 260 g/mol. The molecule has 2 aromatic rings. The van der Waals surface area contributed by atoms with Gasteiger partial charge in [0.05, 0.1) is 10.4 Å². The van der Waals surface area contributed by atoms with Gasteiger partial charge in [0, 0.05) is 18.2 Å². The maximum atomic E-state index is 11.6. The van der Waals surface area contributed by atoms with Crippen molar-refractivity contribution in [2.24, 2.45) is 0 Å². The Balaban J connectivity index is 2.64. The molecule has 0 atom stereocenters. The highest BCUT2D eigenvalue weighted by Gasteiger charge is 2.10. The fraction of sp³-hybridized carbons (Fsp3) is 0.357. The molecule has 2 rings (SSSR count). The minimum atomic E-state index is -3.18. The molecule has 102 valence electrons. The average molecular weight is 278 g/mol. The summed E-state index contributed by atoms with van der Waals surface area (Å²) in [7, 11) is -3.18. The lowest BCUT2D eigenvalue weighted by atomic mass is 10.1. The van der Waals surface area contributed by atoms with Crippen LogP contribution in [-0.4, -0.2) is 26.2 Å². The summed E-state index contributed by atoms with van der Waals surface area (Å²) in [5.41, 5.74) is 1.90. The minimum Gasteiger partial charge on any atom is -0.370 e. The Hall–Kier alpha value is -1.62.